The summed E-state index contributed by atoms with van der Waals surface area (Å²) in [6, 6.07) is 7.42. The van der Waals surface area contributed by atoms with Gasteiger partial charge in [-0.3, -0.25) is 5.41 Å². The van der Waals surface area contributed by atoms with Crippen LogP contribution in [-0.4, -0.2) is 23.2 Å². The lowest BCUT2D eigenvalue weighted by Crippen LogP contribution is -2.29. The van der Waals surface area contributed by atoms with Crippen molar-refractivity contribution < 1.29 is 23.1 Å². The Balaban J connectivity index is 0.000000399. The first kappa shape index (κ1) is 16.6. The van der Waals surface area contributed by atoms with Gasteiger partial charge < -0.3 is 21.9 Å². The zero-order valence-electron chi connectivity index (χ0n) is 9.66. The Morgan fingerprint density at radius 2 is 1.74 bits per heavy atom. The highest BCUT2D eigenvalue weighted by atomic mass is 19.4. The number of benzene rings is 1. The molecule has 1 aromatic rings. The highest BCUT2D eigenvalue weighted by Crippen LogP contribution is 2.13. The van der Waals surface area contributed by atoms with Crippen molar-refractivity contribution in [1.82, 2.24) is 5.32 Å². The van der Waals surface area contributed by atoms with Crippen molar-refractivity contribution in [3.63, 3.8) is 0 Å². The predicted molar refractivity (Wildman–Crippen MR) is 63.3 cm³/mol. The van der Waals surface area contributed by atoms with E-state index in [2.05, 4.69) is 5.32 Å². The molecule has 0 radical (unpaired) electrons. The molecule has 0 unspecified atom stereocenters. The predicted octanol–water partition coefficient (Wildman–Crippen LogP) is 0.885. The third-order valence-corrected chi connectivity index (χ3v) is 1.71. The van der Waals surface area contributed by atoms with E-state index in [0.29, 0.717) is 6.54 Å². The average Bonchev–Trinajstić information content (AvgIpc) is 2.27. The van der Waals surface area contributed by atoms with Crippen molar-refractivity contribution in [2.45, 2.75) is 12.7 Å². The molecule has 0 aliphatic carbocycles. The number of rotatable bonds is 2. The van der Waals surface area contributed by atoms with Crippen LogP contribution in [0.5, 0.6) is 0 Å². The Hall–Kier alpha value is -2.45. The fraction of sp³-hybridized carbons (Fsp3) is 0.200. The first-order chi connectivity index (χ1) is 8.62. The number of carboxylic acid groups (broad SMARTS) is 1. The Labute approximate surface area is 106 Å². The lowest BCUT2D eigenvalue weighted by Gasteiger charge is -2.03. The van der Waals surface area contributed by atoms with Crippen molar-refractivity contribution in [2.75, 3.05) is 5.73 Å². The van der Waals surface area contributed by atoms with E-state index in [1.807, 2.05) is 24.3 Å². The third-order valence-electron chi connectivity index (χ3n) is 1.71. The molecule has 0 aliphatic rings. The van der Waals surface area contributed by atoms with Crippen molar-refractivity contribution in [3.8, 4) is 0 Å². The lowest BCUT2D eigenvalue weighted by atomic mass is 10.2. The molecule has 6 nitrogen and oxygen atoms in total. The van der Waals surface area contributed by atoms with Crippen LogP contribution in [0.1, 0.15) is 5.56 Å². The number of nitrogens with two attached hydrogens (primary N) is 2. The number of hydrogen-bond acceptors (Lipinski definition) is 3. The van der Waals surface area contributed by atoms with Crippen LogP contribution >= 0.6 is 0 Å². The minimum absolute atomic E-state index is 0.0215. The summed E-state index contributed by atoms with van der Waals surface area (Å²) in [6.45, 7) is 0.565. The van der Waals surface area contributed by atoms with Crippen LogP contribution in [-0.2, 0) is 11.3 Å². The molecular weight excluding hydrogens is 265 g/mol. The Morgan fingerprint density at radius 1 is 1.32 bits per heavy atom. The van der Waals surface area contributed by atoms with Crippen LogP contribution < -0.4 is 16.8 Å². The minimum atomic E-state index is -5.08. The molecule has 106 valence electrons. The normalized spacial score (nSPS) is 10.1. The van der Waals surface area contributed by atoms with Gasteiger partial charge in [-0.1, -0.05) is 12.1 Å². The standard InChI is InChI=1S/C8H12N4.C2HF3O2/c9-7-3-1-6(2-4-7)5-12-8(10)11;3-2(4,5)1(6)7/h1-4H,5,9H2,(H4,10,11,12);(H,6,7). The number of guanidine groups is 1. The highest BCUT2D eigenvalue weighted by molar-refractivity contribution is 5.74. The summed E-state index contributed by atoms with van der Waals surface area (Å²) in [5.41, 5.74) is 12.4. The van der Waals surface area contributed by atoms with Gasteiger partial charge in [-0.15, -0.1) is 0 Å². The molecule has 0 amide bonds. The van der Waals surface area contributed by atoms with Crippen LogP contribution in [0.4, 0.5) is 18.9 Å². The van der Waals surface area contributed by atoms with Crippen molar-refractivity contribution in [2.24, 2.45) is 5.73 Å². The van der Waals surface area contributed by atoms with E-state index in [-0.39, 0.29) is 5.96 Å². The molecule has 0 saturated heterocycles. The maximum Gasteiger partial charge on any atom is 0.490 e. The van der Waals surface area contributed by atoms with Crippen LogP contribution in [0, 0.1) is 5.41 Å². The molecule has 1 aromatic carbocycles. The average molecular weight is 278 g/mol. The van der Waals surface area contributed by atoms with Crippen molar-refractivity contribution in [3.05, 3.63) is 29.8 Å². The number of anilines is 1. The van der Waals surface area contributed by atoms with Crippen LogP contribution in [0.2, 0.25) is 0 Å². The number of nitrogen functional groups attached to an aromatic ring is 1. The van der Waals surface area contributed by atoms with E-state index in [1.54, 1.807) is 0 Å². The van der Waals surface area contributed by atoms with Gasteiger partial charge in [0.1, 0.15) is 0 Å². The molecule has 0 fully saturated rings. The number of alkyl halides is 3. The van der Waals surface area contributed by atoms with E-state index in [9.17, 15) is 13.2 Å². The van der Waals surface area contributed by atoms with Gasteiger partial charge in [0.25, 0.3) is 0 Å². The van der Waals surface area contributed by atoms with Crippen molar-refractivity contribution in [1.29, 1.82) is 5.41 Å². The van der Waals surface area contributed by atoms with Gasteiger partial charge in [0.15, 0.2) is 5.96 Å². The Bertz CT molecular complexity index is 431. The van der Waals surface area contributed by atoms with Gasteiger partial charge >= 0.3 is 12.1 Å². The zero-order chi connectivity index (χ0) is 15.1. The molecule has 0 aliphatic heterocycles. The quantitative estimate of drug-likeness (QED) is 0.312. The smallest absolute Gasteiger partial charge is 0.475 e. The van der Waals surface area contributed by atoms with Gasteiger partial charge in [-0.2, -0.15) is 13.2 Å². The van der Waals surface area contributed by atoms with Gasteiger partial charge in [0.05, 0.1) is 0 Å². The maximum atomic E-state index is 10.6. The van der Waals surface area contributed by atoms with Gasteiger partial charge in [-0.25, -0.2) is 4.79 Å². The minimum Gasteiger partial charge on any atom is -0.475 e. The van der Waals surface area contributed by atoms with Crippen LogP contribution in [0.3, 0.4) is 0 Å². The largest absolute Gasteiger partial charge is 0.490 e. The second-order valence-corrected chi connectivity index (χ2v) is 3.31. The summed E-state index contributed by atoms with van der Waals surface area (Å²) < 4.78 is 31.7. The molecule has 0 heterocycles. The maximum absolute atomic E-state index is 10.6. The highest BCUT2D eigenvalue weighted by Gasteiger charge is 2.38. The fourth-order valence-electron chi connectivity index (χ4n) is 0.833. The first-order valence-corrected chi connectivity index (χ1v) is 4.85. The Kier molecular flexibility index (Phi) is 6.17. The zero-order valence-corrected chi connectivity index (χ0v) is 9.66. The molecule has 0 aromatic heterocycles. The molecule has 0 saturated carbocycles. The summed E-state index contributed by atoms with van der Waals surface area (Å²) >= 11 is 0. The lowest BCUT2D eigenvalue weighted by molar-refractivity contribution is -0.192. The fourth-order valence-corrected chi connectivity index (χ4v) is 0.833. The molecular formula is C10H13F3N4O2. The van der Waals surface area contributed by atoms with E-state index >= 15 is 0 Å². The van der Waals surface area contributed by atoms with Gasteiger partial charge in [-0.05, 0) is 17.7 Å². The van der Waals surface area contributed by atoms with Crippen LogP contribution in [0.25, 0.3) is 0 Å². The molecule has 9 heteroatoms. The van der Waals surface area contributed by atoms with E-state index < -0.39 is 12.1 Å². The first-order valence-electron chi connectivity index (χ1n) is 4.85. The van der Waals surface area contributed by atoms with E-state index in [4.69, 9.17) is 26.8 Å². The molecule has 0 atom stereocenters. The number of carbonyl (C=O) groups is 1. The van der Waals surface area contributed by atoms with E-state index in [1.165, 1.54) is 0 Å². The summed E-state index contributed by atoms with van der Waals surface area (Å²) in [5, 5.41) is 16.8. The van der Waals surface area contributed by atoms with Crippen molar-refractivity contribution >= 4 is 17.6 Å². The second-order valence-electron chi connectivity index (χ2n) is 3.31. The summed E-state index contributed by atoms with van der Waals surface area (Å²) in [6.07, 6.45) is -5.08. The van der Waals surface area contributed by atoms with E-state index in [0.717, 1.165) is 11.3 Å². The number of carboxylic acids is 1. The third kappa shape index (κ3) is 8.30. The summed E-state index contributed by atoms with van der Waals surface area (Å²) in [5.74, 6) is -2.78. The summed E-state index contributed by atoms with van der Waals surface area (Å²) in [7, 11) is 0. The molecule has 7 N–H and O–H groups in total. The molecule has 0 bridgehead atoms. The molecule has 0 spiro atoms. The number of aliphatic carboxylic acids is 1. The molecule has 1 rings (SSSR count). The number of nitrogens with one attached hydrogen (secondary N) is 2. The second kappa shape index (κ2) is 7.09. The SMILES string of the molecule is N=C(N)NCc1ccc(N)cc1.O=C(O)C(F)(F)F. The van der Waals surface area contributed by atoms with Gasteiger partial charge in [0.2, 0.25) is 0 Å². The number of hydrogen-bond donors (Lipinski definition) is 5. The molecule has 19 heavy (non-hydrogen) atoms. The monoisotopic (exact) mass is 278 g/mol. The summed E-state index contributed by atoms with van der Waals surface area (Å²) in [4.78, 5) is 8.90. The topological polar surface area (TPSA) is 125 Å². The van der Waals surface area contributed by atoms with Crippen LogP contribution in [0.15, 0.2) is 24.3 Å². The van der Waals surface area contributed by atoms with Gasteiger partial charge in [0, 0.05) is 12.2 Å². The number of halogens is 3. The Morgan fingerprint density at radius 3 is 2.05 bits per heavy atom.